The maximum Gasteiger partial charge on any atom is 0.329 e. The third-order valence-corrected chi connectivity index (χ3v) is 5.07. The smallest absolute Gasteiger partial charge is 0.329 e. The van der Waals surface area contributed by atoms with Crippen LogP contribution in [0.1, 0.15) is 11.8 Å². The number of allylic oxidation sites excluding steroid dienone is 3. The lowest BCUT2D eigenvalue weighted by atomic mass is 9.96. The first-order valence-electron chi connectivity index (χ1n) is 6.83. The summed E-state index contributed by atoms with van der Waals surface area (Å²) in [6, 6.07) is 5.97. The zero-order valence-electron chi connectivity index (χ0n) is 12.1. The summed E-state index contributed by atoms with van der Waals surface area (Å²) in [6.07, 6.45) is 4.07. The average Bonchev–Trinajstić information content (AvgIpc) is 3.15. The number of cyclic esters (lactones) is 1. The van der Waals surface area contributed by atoms with Crippen molar-refractivity contribution in [3.63, 3.8) is 0 Å². The van der Waals surface area contributed by atoms with Gasteiger partial charge in [0.1, 0.15) is 5.76 Å². The second-order valence-electron chi connectivity index (χ2n) is 4.96. The summed E-state index contributed by atoms with van der Waals surface area (Å²) in [7, 11) is 0. The SMILES string of the molecule is CC1=CC(=O)C(C(=O)C=Cc2cc(-c3cccs3)cs2)C(=O)O1. The van der Waals surface area contributed by atoms with E-state index >= 15 is 0 Å². The molecule has 3 rings (SSSR count). The van der Waals surface area contributed by atoms with Gasteiger partial charge in [-0.2, -0.15) is 0 Å². The van der Waals surface area contributed by atoms with Gasteiger partial charge in [-0.3, -0.25) is 14.4 Å². The van der Waals surface area contributed by atoms with Gasteiger partial charge in [-0.1, -0.05) is 6.07 Å². The minimum atomic E-state index is -1.38. The van der Waals surface area contributed by atoms with Crippen LogP contribution in [0.4, 0.5) is 0 Å². The highest BCUT2D eigenvalue weighted by molar-refractivity contribution is 7.15. The molecule has 0 saturated carbocycles. The molecule has 116 valence electrons. The third kappa shape index (κ3) is 3.38. The van der Waals surface area contributed by atoms with Gasteiger partial charge in [0.2, 0.25) is 0 Å². The molecule has 3 heterocycles. The first-order valence-corrected chi connectivity index (χ1v) is 8.59. The van der Waals surface area contributed by atoms with E-state index in [-0.39, 0.29) is 5.76 Å². The maximum absolute atomic E-state index is 12.1. The number of carbonyl (C=O) groups excluding carboxylic acids is 3. The van der Waals surface area contributed by atoms with Crippen LogP contribution in [0.3, 0.4) is 0 Å². The molecular weight excluding hydrogens is 332 g/mol. The van der Waals surface area contributed by atoms with Crippen molar-refractivity contribution >= 4 is 46.3 Å². The minimum absolute atomic E-state index is 0.215. The molecule has 6 heteroatoms. The van der Waals surface area contributed by atoms with Crippen molar-refractivity contribution in [2.45, 2.75) is 6.92 Å². The summed E-state index contributed by atoms with van der Waals surface area (Å²) in [5, 5.41) is 4.00. The van der Waals surface area contributed by atoms with Crippen molar-refractivity contribution < 1.29 is 19.1 Å². The number of hydrogen-bond acceptors (Lipinski definition) is 6. The number of ketones is 2. The summed E-state index contributed by atoms with van der Waals surface area (Å²) in [5.41, 5.74) is 1.09. The highest BCUT2D eigenvalue weighted by Gasteiger charge is 2.36. The first-order chi connectivity index (χ1) is 11.0. The number of esters is 1. The second kappa shape index (κ2) is 6.44. The van der Waals surface area contributed by atoms with E-state index in [1.165, 1.54) is 30.4 Å². The fourth-order valence-electron chi connectivity index (χ4n) is 2.18. The molecule has 0 fully saturated rings. The van der Waals surface area contributed by atoms with Crippen LogP contribution in [-0.4, -0.2) is 17.5 Å². The fourth-order valence-corrected chi connectivity index (χ4v) is 3.77. The molecule has 1 aliphatic heterocycles. The van der Waals surface area contributed by atoms with Crippen LogP contribution in [0.25, 0.3) is 16.5 Å². The van der Waals surface area contributed by atoms with E-state index in [2.05, 4.69) is 0 Å². The van der Waals surface area contributed by atoms with Gasteiger partial charge < -0.3 is 4.74 Å². The van der Waals surface area contributed by atoms with Crippen LogP contribution in [-0.2, 0) is 19.1 Å². The lowest BCUT2D eigenvalue weighted by molar-refractivity contribution is -0.151. The van der Waals surface area contributed by atoms with E-state index in [9.17, 15) is 14.4 Å². The minimum Gasteiger partial charge on any atom is -0.430 e. The molecular formula is C17H12O4S2. The molecule has 2 aromatic rings. The molecule has 2 aromatic heterocycles. The highest BCUT2D eigenvalue weighted by Crippen LogP contribution is 2.29. The molecule has 0 N–H and O–H groups in total. The summed E-state index contributed by atoms with van der Waals surface area (Å²) >= 11 is 3.13. The summed E-state index contributed by atoms with van der Waals surface area (Å²) in [4.78, 5) is 37.6. The van der Waals surface area contributed by atoms with Gasteiger partial charge in [-0.15, -0.1) is 22.7 Å². The van der Waals surface area contributed by atoms with E-state index in [1.807, 2.05) is 29.0 Å². The number of thiophene rings is 2. The van der Waals surface area contributed by atoms with Crippen LogP contribution < -0.4 is 0 Å². The summed E-state index contributed by atoms with van der Waals surface area (Å²) in [5.74, 6) is -3.07. The number of hydrogen-bond donors (Lipinski definition) is 0. The monoisotopic (exact) mass is 344 g/mol. The Morgan fingerprint density at radius 3 is 2.83 bits per heavy atom. The molecule has 4 nitrogen and oxygen atoms in total. The van der Waals surface area contributed by atoms with Crippen molar-refractivity contribution in [2.24, 2.45) is 5.92 Å². The lowest BCUT2D eigenvalue weighted by Crippen LogP contribution is -2.34. The van der Waals surface area contributed by atoms with Gasteiger partial charge in [0.25, 0.3) is 0 Å². The number of ether oxygens (including phenoxy) is 1. The van der Waals surface area contributed by atoms with Gasteiger partial charge in [-0.05, 0) is 42.0 Å². The highest BCUT2D eigenvalue weighted by atomic mass is 32.1. The topological polar surface area (TPSA) is 60.4 Å². The molecule has 1 atom stereocenters. The van der Waals surface area contributed by atoms with E-state index in [1.54, 1.807) is 17.4 Å². The van der Waals surface area contributed by atoms with Gasteiger partial charge >= 0.3 is 5.97 Å². The molecule has 0 amide bonds. The molecule has 0 aromatic carbocycles. The fraction of sp³-hybridized carbons (Fsp3) is 0.118. The van der Waals surface area contributed by atoms with E-state index in [0.717, 1.165) is 15.3 Å². The Labute approximate surface area is 140 Å². The molecule has 1 aliphatic rings. The van der Waals surface area contributed by atoms with Crippen molar-refractivity contribution in [1.29, 1.82) is 0 Å². The standard InChI is InChI=1S/C17H12O4S2/c1-10-7-14(19)16(17(20)21-10)13(18)5-4-12-8-11(9-23-12)15-3-2-6-22-15/h2-9,16H,1H3. The van der Waals surface area contributed by atoms with Gasteiger partial charge in [0, 0.05) is 21.4 Å². The number of rotatable bonds is 4. The van der Waals surface area contributed by atoms with Crippen molar-refractivity contribution in [2.75, 3.05) is 0 Å². The quantitative estimate of drug-likeness (QED) is 0.482. The van der Waals surface area contributed by atoms with Crippen molar-refractivity contribution in [3.8, 4) is 10.4 Å². The Kier molecular flexibility index (Phi) is 4.36. The zero-order chi connectivity index (χ0) is 16.4. The molecule has 23 heavy (non-hydrogen) atoms. The molecule has 0 bridgehead atoms. The Hall–Kier alpha value is -2.31. The van der Waals surface area contributed by atoms with E-state index < -0.39 is 23.5 Å². The molecule has 0 saturated heterocycles. The van der Waals surface area contributed by atoms with Crippen LogP contribution in [0.15, 0.2) is 46.9 Å². The largest absolute Gasteiger partial charge is 0.430 e. The van der Waals surface area contributed by atoms with Gasteiger partial charge in [0.05, 0.1) is 0 Å². The number of carbonyl (C=O) groups is 3. The molecule has 1 unspecified atom stereocenters. The Balaban J connectivity index is 1.74. The predicted molar refractivity (Wildman–Crippen MR) is 90.0 cm³/mol. The van der Waals surface area contributed by atoms with Crippen LogP contribution in [0.2, 0.25) is 0 Å². The lowest BCUT2D eigenvalue weighted by Gasteiger charge is -2.15. The van der Waals surface area contributed by atoms with Gasteiger partial charge in [0.15, 0.2) is 17.5 Å². The van der Waals surface area contributed by atoms with Crippen molar-refractivity contribution in [1.82, 2.24) is 0 Å². The van der Waals surface area contributed by atoms with Crippen LogP contribution >= 0.6 is 22.7 Å². The third-order valence-electron chi connectivity index (χ3n) is 3.25. The van der Waals surface area contributed by atoms with Crippen LogP contribution in [0.5, 0.6) is 0 Å². The zero-order valence-corrected chi connectivity index (χ0v) is 13.8. The predicted octanol–water partition coefficient (Wildman–Crippen LogP) is 3.70. The first kappa shape index (κ1) is 15.6. The Bertz CT molecular complexity index is 825. The maximum atomic E-state index is 12.1. The molecule has 0 aliphatic carbocycles. The second-order valence-corrected chi connectivity index (χ2v) is 6.85. The van der Waals surface area contributed by atoms with E-state index in [4.69, 9.17) is 4.74 Å². The summed E-state index contributed by atoms with van der Waals surface area (Å²) < 4.78 is 4.85. The summed E-state index contributed by atoms with van der Waals surface area (Å²) in [6.45, 7) is 1.50. The van der Waals surface area contributed by atoms with E-state index in [0.29, 0.717) is 0 Å². The Morgan fingerprint density at radius 1 is 1.30 bits per heavy atom. The van der Waals surface area contributed by atoms with Crippen molar-refractivity contribution in [3.05, 3.63) is 51.7 Å². The normalized spacial score (nSPS) is 18.1. The van der Waals surface area contributed by atoms with Gasteiger partial charge in [-0.25, -0.2) is 0 Å². The molecule has 0 spiro atoms. The molecule has 0 radical (unpaired) electrons. The average molecular weight is 344 g/mol. The Morgan fingerprint density at radius 2 is 2.13 bits per heavy atom. The van der Waals surface area contributed by atoms with Crippen LogP contribution in [0, 0.1) is 5.92 Å².